The van der Waals surface area contributed by atoms with Gasteiger partial charge in [-0.15, -0.1) is 0 Å². The summed E-state index contributed by atoms with van der Waals surface area (Å²) in [6, 6.07) is 9.53. The third-order valence-electron chi connectivity index (χ3n) is 2.08. The molecule has 0 unspecified atom stereocenters. The first-order chi connectivity index (χ1) is 8.13. The maximum absolute atomic E-state index is 5.74. The van der Waals surface area contributed by atoms with Crippen molar-refractivity contribution in [3.05, 3.63) is 51.9 Å². The fourth-order valence-electron chi connectivity index (χ4n) is 1.24. The van der Waals surface area contributed by atoms with Crippen LogP contribution in [-0.4, -0.2) is 16.2 Å². The van der Waals surface area contributed by atoms with E-state index in [4.69, 9.17) is 23.2 Å². The van der Waals surface area contributed by atoms with Crippen LogP contribution >= 0.6 is 23.2 Å². The van der Waals surface area contributed by atoms with Crippen LogP contribution in [0, 0.1) is 6.92 Å². The third-order valence-corrected chi connectivity index (χ3v) is 2.44. The summed E-state index contributed by atoms with van der Waals surface area (Å²) in [7, 11) is 0. The molecule has 0 atom stereocenters. The van der Waals surface area contributed by atoms with Crippen LogP contribution in [0.3, 0.4) is 0 Å². The minimum atomic E-state index is 0.0913. The van der Waals surface area contributed by atoms with Crippen LogP contribution in [-0.2, 0) is 0 Å². The summed E-state index contributed by atoms with van der Waals surface area (Å²) in [5, 5.41) is 0.370. The van der Waals surface area contributed by atoms with Gasteiger partial charge < -0.3 is 0 Å². The summed E-state index contributed by atoms with van der Waals surface area (Å²) in [5.74, 6) is 0.440. The lowest BCUT2D eigenvalue weighted by Crippen LogP contribution is -1.84. The first-order valence-electron chi connectivity index (χ1n) is 4.94. The Hall–Kier alpha value is -1.45. The zero-order chi connectivity index (χ0) is 12.3. The molecule has 0 fully saturated rings. The second kappa shape index (κ2) is 5.25. The molecule has 0 saturated heterocycles. The minimum absolute atomic E-state index is 0.0913. The van der Waals surface area contributed by atoms with Crippen LogP contribution in [0.4, 0.5) is 5.82 Å². The maximum atomic E-state index is 5.74. The van der Waals surface area contributed by atoms with Crippen molar-refractivity contribution in [1.82, 2.24) is 9.97 Å². The lowest BCUT2D eigenvalue weighted by molar-refractivity contribution is 1.15. The van der Waals surface area contributed by atoms with Gasteiger partial charge in [0.25, 0.3) is 0 Å². The highest BCUT2D eigenvalue weighted by Gasteiger charge is 1.98. The largest absolute Gasteiger partial charge is 0.236 e. The monoisotopic (exact) mass is 265 g/mol. The molecule has 0 radical (unpaired) electrons. The summed E-state index contributed by atoms with van der Waals surface area (Å²) in [5.41, 5.74) is 2.19. The number of aliphatic imine (C=N–C) groups is 1. The second-order valence-corrected chi connectivity index (χ2v) is 4.21. The molecule has 3 nitrogen and oxygen atoms in total. The van der Waals surface area contributed by atoms with Gasteiger partial charge in [0.15, 0.2) is 5.82 Å². The van der Waals surface area contributed by atoms with Crippen molar-refractivity contribution in [2.24, 2.45) is 4.99 Å². The van der Waals surface area contributed by atoms with Gasteiger partial charge in [-0.05, 0) is 24.1 Å². The fraction of sp³-hybridized carbons (Fsp3) is 0.0833. The molecule has 2 rings (SSSR count). The van der Waals surface area contributed by atoms with Crippen molar-refractivity contribution in [3.8, 4) is 0 Å². The van der Waals surface area contributed by atoms with E-state index in [0.717, 1.165) is 5.56 Å². The first kappa shape index (κ1) is 12.0. The summed E-state index contributed by atoms with van der Waals surface area (Å²) in [6.07, 6.45) is 1.70. The van der Waals surface area contributed by atoms with Crippen molar-refractivity contribution < 1.29 is 0 Å². The van der Waals surface area contributed by atoms with E-state index in [1.54, 1.807) is 12.3 Å². The summed E-state index contributed by atoms with van der Waals surface area (Å²) < 4.78 is 0. The van der Waals surface area contributed by atoms with E-state index in [-0.39, 0.29) is 10.4 Å². The predicted molar refractivity (Wildman–Crippen MR) is 70.5 cm³/mol. The van der Waals surface area contributed by atoms with E-state index in [0.29, 0.717) is 5.82 Å². The van der Waals surface area contributed by atoms with Gasteiger partial charge in [0.1, 0.15) is 5.15 Å². The zero-order valence-electron chi connectivity index (χ0n) is 9.06. The average molecular weight is 266 g/mol. The number of hydrogen-bond donors (Lipinski definition) is 0. The molecule has 1 heterocycles. The van der Waals surface area contributed by atoms with Gasteiger partial charge in [-0.1, -0.05) is 41.4 Å². The number of aryl methyl sites for hydroxylation is 1. The highest BCUT2D eigenvalue weighted by molar-refractivity contribution is 6.32. The normalized spacial score (nSPS) is 11.0. The van der Waals surface area contributed by atoms with Crippen LogP contribution in [0.25, 0.3) is 0 Å². The zero-order valence-corrected chi connectivity index (χ0v) is 10.6. The standard InChI is InChI=1S/C12H9Cl2N3/c1-8-2-4-9(5-3-8)7-15-11-6-10(13)16-12(14)17-11/h2-7H,1H3/b15-7+. The van der Waals surface area contributed by atoms with E-state index in [2.05, 4.69) is 15.0 Å². The summed E-state index contributed by atoms with van der Waals surface area (Å²) >= 11 is 11.4. The molecule has 1 aromatic carbocycles. The van der Waals surface area contributed by atoms with Crippen molar-refractivity contribution in [2.75, 3.05) is 0 Å². The van der Waals surface area contributed by atoms with Crippen molar-refractivity contribution in [2.45, 2.75) is 6.92 Å². The summed E-state index contributed by atoms with van der Waals surface area (Å²) in [4.78, 5) is 11.9. The molecule has 17 heavy (non-hydrogen) atoms. The van der Waals surface area contributed by atoms with Crippen molar-refractivity contribution in [1.29, 1.82) is 0 Å². The van der Waals surface area contributed by atoms with Crippen LogP contribution in [0.1, 0.15) is 11.1 Å². The van der Waals surface area contributed by atoms with Gasteiger partial charge in [-0.3, -0.25) is 0 Å². The predicted octanol–water partition coefficient (Wildman–Crippen LogP) is 3.84. The molecule has 2 aromatic rings. The van der Waals surface area contributed by atoms with Gasteiger partial charge in [-0.25, -0.2) is 9.98 Å². The van der Waals surface area contributed by atoms with Crippen LogP contribution in [0.2, 0.25) is 10.4 Å². The Morgan fingerprint density at radius 1 is 1.12 bits per heavy atom. The molecule has 0 bridgehead atoms. The molecular formula is C12H9Cl2N3. The molecule has 0 amide bonds. The van der Waals surface area contributed by atoms with Crippen molar-refractivity contribution in [3.63, 3.8) is 0 Å². The molecule has 0 aliphatic carbocycles. The Kier molecular flexibility index (Phi) is 3.71. The quantitative estimate of drug-likeness (QED) is 0.470. The number of benzene rings is 1. The Bertz CT molecular complexity index is 530. The SMILES string of the molecule is Cc1ccc(/C=N/c2cc(Cl)nc(Cl)n2)cc1. The Morgan fingerprint density at radius 2 is 1.82 bits per heavy atom. The maximum Gasteiger partial charge on any atom is 0.225 e. The Labute approximate surface area is 109 Å². The highest BCUT2D eigenvalue weighted by Crippen LogP contribution is 2.16. The fourth-order valence-corrected chi connectivity index (χ4v) is 1.64. The number of aromatic nitrogens is 2. The minimum Gasteiger partial charge on any atom is -0.236 e. The molecular weight excluding hydrogens is 257 g/mol. The van der Waals surface area contributed by atoms with Crippen LogP contribution in [0.5, 0.6) is 0 Å². The van der Waals surface area contributed by atoms with Gasteiger partial charge in [0, 0.05) is 12.3 Å². The van der Waals surface area contributed by atoms with Crippen LogP contribution in [0.15, 0.2) is 35.3 Å². The lowest BCUT2D eigenvalue weighted by Gasteiger charge is -1.96. The molecule has 1 aromatic heterocycles. The molecule has 0 aliphatic heterocycles. The van der Waals surface area contributed by atoms with Crippen LogP contribution < -0.4 is 0 Å². The molecule has 5 heteroatoms. The molecule has 0 saturated carbocycles. The average Bonchev–Trinajstić information content (AvgIpc) is 2.27. The Morgan fingerprint density at radius 3 is 2.47 bits per heavy atom. The number of halogens is 2. The topological polar surface area (TPSA) is 38.1 Å². The second-order valence-electron chi connectivity index (χ2n) is 3.49. The molecule has 0 spiro atoms. The van der Waals surface area contributed by atoms with E-state index in [1.807, 2.05) is 31.2 Å². The number of nitrogens with zero attached hydrogens (tertiary/aromatic N) is 3. The van der Waals surface area contributed by atoms with Gasteiger partial charge in [-0.2, -0.15) is 4.98 Å². The summed E-state index contributed by atoms with van der Waals surface area (Å²) in [6.45, 7) is 2.03. The highest BCUT2D eigenvalue weighted by atomic mass is 35.5. The number of hydrogen-bond acceptors (Lipinski definition) is 3. The third kappa shape index (κ3) is 3.51. The van der Waals surface area contributed by atoms with Gasteiger partial charge in [0.05, 0.1) is 0 Å². The molecule has 86 valence electrons. The first-order valence-corrected chi connectivity index (χ1v) is 5.70. The molecule has 0 N–H and O–H groups in total. The lowest BCUT2D eigenvalue weighted by atomic mass is 10.2. The van der Waals surface area contributed by atoms with E-state index < -0.39 is 0 Å². The molecule has 0 aliphatic rings. The van der Waals surface area contributed by atoms with Gasteiger partial charge >= 0.3 is 0 Å². The van der Waals surface area contributed by atoms with E-state index >= 15 is 0 Å². The van der Waals surface area contributed by atoms with E-state index in [1.165, 1.54) is 5.56 Å². The number of rotatable bonds is 2. The van der Waals surface area contributed by atoms with Crippen molar-refractivity contribution >= 4 is 35.2 Å². The Balaban J connectivity index is 2.22. The smallest absolute Gasteiger partial charge is 0.225 e. The van der Waals surface area contributed by atoms with Gasteiger partial charge in [0.2, 0.25) is 5.28 Å². The van der Waals surface area contributed by atoms with E-state index in [9.17, 15) is 0 Å².